The van der Waals surface area contributed by atoms with Crippen molar-refractivity contribution in [2.75, 3.05) is 21.3 Å². The molecule has 0 radical (unpaired) electrons. The number of hydrogen-bond acceptors (Lipinski definition) is 7. The van der Waals surface area contributed by atoms with Gasteiger partial charge in [0.05, 0.1) is 33.0 Å². The summed E-state index contributed by atoms with van der Waals surface area (Å²) >= 11 is 0. The summed E-state index contributed by atoms with van der Waals surface area (Å²) in [7, 11) is -0.0481. The molecular formula is C18H17ClO8. The van der Waals surface area contributed by atoms with Gasteiger partial charge in [0.15, 0.2) is 0 Å². The molecule has 144 valence electrons. The van der Waals surface area contributed by atoms with Crippen molar-refractivity contribution in [3.8, 4) is 28.6 Å². The smallest absolute Gasteiger partial charge is 0.368 e. The second kappa shape index (κ2) is 8.85. The number of rotatable bonds is 4. The highest BCUT2D eigenvalue weighted by Gasteiger charge is 2.18. The van der Waals surface area contributed by atoms with Gasteiger partial charge in [-0.3, -0.25) is 0 Å². The molecule has 27 heavy (non-hydrogen) atoms. The van der Waals surface area contributed by atoms with E-state index in [0.29, 0.717) is 11.3 Å². The molecule has 1 heterocycles. The minimum absolute atomic E-state index is 0.694. The number of benzene rings is 2. The highest BCUT2D eigenvalue weighted by atomic mass is 35.7. The van der Waals surface area contributed by atoms with Crippen LogP contribution < -0.4 is 32.8 Å². The Hall–Kier alpha value is -2.62. The summed E-state index contributed by atoms with van der Waals surface area (Å²) in [6.07, 6.45) is 0. The topological polar surface area (TPSA) is 131 Å². The highest BCUT2D eigenvalue weighted by molar-refractivity contribution is 5.86. The largest absolute Gasteiger partial charge is 0.497 e. The molecule has 3 aromatic rings. The molecule has 0 aliphatic rings. The van der Waals surface area contributed by atoms with Crippen LogP contribution >= 0.6 is 0 Å². The second-order valence-corrected chi connectivity index (χ2v) is 5.90. The first-order chi connectivity index (χ1) is 12.7. The Bertz CT molecular complexity index is 884. The van der Waals surface area contributed by atoms with E-state index in [-0.39, 0.29) is 0 Å². The monoisotopic (exact) mass is 396 g/mol. The van der Waals surface area contributed by atoms with Crippen LogP contribution in [0.5, 0.6) is 17.2 Å². The van der Waals surface area contributed by atoms with E-state index in [1.165, 1.54) is 0 Å². The molecule has 0 bridgehead atoms. The Morgan fingerprint density at radius 2 is 1.33 bits per heavy atom. The van der Waals surface area contributed by atoms with Crippen molar-refractivity contribution >= 4 is 11.0 Å². The van der Waals surface area contributed by atoms with Crippen LogP contribution in [0, 0.1) is 10.2 Å². The standard InChI is InChI=1S/C18H17O4.ClHO4/c1-19-13-6-4-12(5-7-13)16-9-8-15-17(21-3)10-14(20-2)11-18(15)22-16;2-1(3,4)5/h4-11H,1-3H3;(H,2,3,4,5)/q+1;/p-1. The zero-order valence-electron chi connectivity index (χ0n) is 14.8. The maximum Gasteiger partial charge on any atom is 0.368 e. The SMILES string of the molecule is COc1ccc(-c2ccc3c(OC)cc(OC)cc3[o+]2)cc1.[O-][Cl+3]([O-])([O-])[O-]. The Balaban J connectivity index is 0.000000465. The van der Waals surface area contributed by atoms with Gasteiger partial charge in [-0.1, -0.05) is 0 Å². The van der Waals surface area contributed by atoms with Gasteiger partial charge in [0.1, 0.15) is 22.6 Å². The van der Waals surface area contributed by atoms with Crippen LogP contribution in [-0.4, -0.2) is 21.3 Å². The zero-order valence-corrected chi connectivity index (χ0v) is 15.5. The van der Waals surface area contributed by atoms with E-state index in [0.717, 1.165) is 28.2 Å². The summed E-state index contributed by atoms with van der Waals surface area (Å²) in [5, 5.41) is 0.903. The van der Waals surface area contributed by atoms with Crippen LogP contribution in [0.3, 0.4) is 0 Å². The number of ether oxygens (including phenoxy) is 3. The number of hydrogen-bond donors (Lipinski definition) is 0. The fourth-order valence-electron chi connectivity index (χ4n) is 2.33. The van der Waals surface area contributed by atoms with Gasteiger partial charge in [-0.2, -0.15) is 0 Å². The maximum atomic E-state index is 8.49. The van der Waals surface area contributed by atoms with Crippen molar-refractivity contribution in [1.82, 2.24) is 0 Å². The number of methoxy groups -OCH3 is 3. The van der Waals surface area contributed by atoms with Crippen LogP contribution in [0.2, 0.25) is 0 Å². The lowest BCUT2D eigenvalue weighted by atomic mass is 10.1. The van der Waals surface area contributed by atoms with E-state index in [9.17, 15) is 0 Å². The molecule has 3 rings (SSSR count). The summed E-state index contributed by atoms with van der Waals surface area (Å²) < 4.78 is 55.8. The van der Waals surface area contributed by atoms with E-state index in [2.05, 4.69) is 0 Å². The van der Waals surface area contributed by atoms with Crippen molar-refractivity contribution in [3.63, 3.8) is 0 Å². The Morgan fingerprint density at radius 1 is 0.741 bits per heavy atom. The number of fused-ring (bicyclic) bond motifs is 1. The van der Waals surface area contributed by atoms with Crippen molar-refractivity contribution in [2.24, 2.45) is 0 Å². The molecule has 0 saturated carbocycles. The highest BCUT2D eigenvalue weighted by Crippen LogP contribution is 2.34. The van der Waals surface area contributed by atoms with Crippen molar-refractivity contribution in [1.29, 1.82) is 0 Å². The molecule has 0 amide bonds. The average Bonchev–Trinajstić information content (AvgIpc) is 2.65. The lowest BCUT2D eigenvalue weighted by Crippen LogP contribution is -2.68. The van der Waals surface area contributed by atoms with Crippen LogP contribution in [0.15, 0.2) is 52.9 Å². The van der Waals surface area contributed by atoms with Crippen LogP contribution in [0.25, 0.3) is 22.3 Å². The van der Waals surface area contributed by atoms with Crippen LogP contribution in [0.1, 0.15) is 0 Å². The van der Waals surface area contributed by atoms with Gasteiger partial charge in [-0.05, 0) is 30.3 Å². The zero-order chi connectivity index (χ0) is 20.0. The Kier molecular flexibility index (Phi) is 6.78. The molecule has 1 aromatic heterocycles. The van der Waals surface area contributed by atoms with Crippen molar-refractivity contribution < 1.29 is 47.5 Å². The van der Waals surface area contributed by atoms with Gasteiger partial charge in [-0.15, -0.1) is 10.2 Å². The van der Waals surface area contributed by atoms with E-state index in [4.69, 9.17) is 37.3 Å². The Morgan fingerprint density at radius 3 is 1.85 bits per heavy atom. The fraction of sp³-hybridized carbons (Fsp3) is 0.167. The predicted octanol–water partition coefficient (Wildman–Crippen LogP) is -0.349. The van der Waals surface area contributed by atoms with Gasteiger partial charge in [0.2, 0.25) is 0 Å². The minimum Gasteiger partial charge on any atom is -0.497 e. The predicted molar refractivity (Wildman–Crippen MR) is 85.7 cm³/mol. The first-order valence-corrected chi connectivity index (χ1v) is 8.73. The summed E-state index contributed by atoms with van der Waals surface area (Å²) in [4.78, 5) is 0. The third kappa shape index (κ3) is 5.95. The molecule has 0 spiro atoms. The molecule has 0 fully saturated rings. The summed E-state index contributed by atoms with van der Waals surface area (Å²) in [5.41, 5.74) is 1.69. The normalized spacial score (nSPS) is 10.8. The molecule has 0 aliphatic carbocycles. The van der Waals surface area contributed by atoms with E-state index < -0.39 is 10.2 Å². The number of halogens is 1. The molecular weight excluding hydrogens is 380 g/mol. The maximum absolute atomic E-state index is 8.49. The van der Waals surface area contributed by atoms with Crippen molar-refractivity contribution in [3.05, 3.63) is 48.5 Å². The van der Waals surface area contributed by atoms with Crippen LogP contribution in [0.4, 0.5) is 0 Å². The fourth-order valence-corrected chi connectivity index (χ4v) is 2.33. The van der Waals surface area contributed by atoms with Gasteiger partial charge in [0, 0.05) is 12.1 Å². The average molecular weight is 397 g/mol. The molecule has 0 unspecified atom stereocenters. The van der Waals surface area contributed by atoms with Gasteiger partial charge < -0.3 is 14.2 Å². The van der Waals surface area contributed by atoms with Gasteiger partial charge >= 0.3 is 11.3 Å². The first kappa shape index (κ1) is 20.7. The van der Waals surface area contributed by atoms with Gasteiger partial charge in [0.25, 0.3) is 0 Å². The van der Waals surface area contributed by atoms with E-state index >= 15 is 0 Å². The molecule has 0 saturated heterocycles. The molecule has 9 heteroatoms. The summed E-state index contributed by atoms with van der Waals surface area (Å²) in [6.45, 7) is 0. The van der Waals surface area contributed by atoms with E-state index in [1.807, 2.05) is 48.5 Å². The molecule has 0 atom stereocenters. The first-order valence-electron chi connectivity index (χ1n) is 7.50. The van der Waals surface area contributed by atoms with Crippen LogP contribution in [-0.2, 0) is 0 Å². The quantitative estimate of drug-likeness (QED) is 0.547. The molecule has 0 aliphatic heterocycles. The molecule has 8 nitrogen and oxygen atoms in total. The third-order valence-electron chi connectivity index (χ3n) is 3.53. The molecule has 0 N–H and O–H groups in total. The molecule has 2 aromatic carbocycles. The second-order valence-electron chi connectivity index (χ2n) is 5.15. The van der Waals surface area contributed by atoms with E-state index in [1.54, 1.807) is 21.3 Å². The lowest BCUT2D eigenvalue weighted by Gasteiger charge is -2.17. The van der Waals surface area contributed by atoms with Gasteiger partial charge in [-0.25, -0.2) is 23.1 Å². The minimum atomic E-state index is -4.94. The van der Waals surface area contributed by atoms with Crippen molar-refractivity contribution in [2.45, 2.75) is 0 Å². The summed E-state index contributed by atoms with van der Waals surface area (Å²) in [5.74, 6) is 3.00. The summed E-state index contributed by atoms with van der Waals surface area (Å²) in [6, 6.07) is 15.3. The Labute approximate surface area is 157 Å². The third-order valence-corrected chi connectivity index (χ3v) is 3.53. The lowest BCUT2D eigenvalue weighted by molar-refractivity contribution is -2.00.